The molecule has 180 valence electrons. The van der Waals surface area contributed by atoms with E-state index < -0.39 is 16.1 Å². The number of hydrogen-bond donors (Lipinski definition) is 1. The van der Waals surface area contributed by atoms with Gasteiger partial charge in [0.05, 0.1) is 11.9 Å². The maximum atomic E-state index is 13.2. The molecule has 0 bridgehead atoms. The van der Waals surface area contributed by atoms with Crippen LogP contribution < -0.4 is 9.62 Å². The quantitative estimate of drug-likeness (QED) is 0.486. The molecule has 0 saturated carbocycles. The Bertz CT molecular complexity index is 1030. The molecule has 1 N–H and O–H groups in total. The van der Waals surface area contributed by atoms with Crippen LogP contribution in [0.3, 0.4) is 0 Å². The Kier molecular flexibility index (Phi) is 10.2. The fraction of sp³-hybridized carbons (Fsp3) is 0.417. The van der Waals surface area contributed by atoms with Gasteiger partial charge in [-0.15, -0.1) is 0 Å². The predicted molar refractivity (Wildman–Crippen MR) is 133 cm³/mol. The molecule has 0 aliphatic rings. The fourth-order valence-corrected chi connectivity index (χ4v) is 4.55. The Morgan fingerprint density at radius 3 is 2.30 bits per heavy atom. The van der Waals surface area contributed by atoms with Crippen LogP contribution in [0, 0.1) is 0 Å². The van der Waals surface area contributed by atoms with E-state index in [9.17, 15) is 18.0 Å². The molecule has 2 aromatic carbocycles. The first-order valence-electron chi connectivity index (χ1n) is 11.0. The lowest BCUT2D eigenvalue weighted by atomic mass is 10.1. The first-order valence-corrected chi connectivity index (χ1v) is 13.2. The summed E-state index contributed by atoms with van der Waals surface area (Å²) in [5, 5.41) is 3.35. The van der Waals surface area contributed by atoms with E-state index in [-0.39, 0.29) is 31.3 Å². The number of anilines is 1. The Morgan fingerprint density at radius 1 is 1.06 bits per heavy atom. The topological polar surface area (TPSA) is 86.8 Å². The summed E-state index contributed by atoms with van der Waals surface area (Å²) >= 11 is 6.29. The first-order chi connectivity index (χ1) is 15.6. The number of halogens is 1. The number of sulfonamides is 1. The van der Waals surface area contributed by atoms with E-state index in [0.717, 1.165) is 18.2 Å². The van der Waals surface area contributed by atoms with Crippen LogP contribution in [0.1, 0.15) is 38.7 Å². The van der Waals surface area contributed by atoms with Gasteiger partial charge in [0.1, 0.15) is 6.04 Å². The highest BCUT2D eigenvalue weighted by Gasteiger charge is 2.27. The minimum Gasteiger partial charge on any atom is -0.354 e. The third kappa shape index (κ3) is 8.05. The summed E-state index contributed by atoms with van der Waals surface area (Å²) in [5.74, 6) is -0.477. The van der Waals surface area contributed by atoms with Gasteiger partial charge < -0.3 is 10.2 Å². The molecule has 1 atom stereocenters. The number of rotatable bonds is 12. The predicted octanol–water partition coefficient (Wildman–Crippen LogP) is 3.83. The lowest BCUT2D eigenvalue weighted by molar-refractivity contribution is -0.140. The minimum absolute atomic E-state index is 0.0920. The van der Waals surface area contributed by atoms with E-state index in [1.54, 1.807) is 43.3 Å². The molecule has 9 heteroatoms. The summed E-state index contributed by atoms with van der Waals surface area (Å²) in [6.07, 6.45) is 2.33. The highest BCUT2D eigenvalue weighted by atomic mass is 35.5. The van der Waals surface area contributed by atoms with Crippen molar-refractivity contribution in [2.75, 3.05) is 23.7 Å². The highest BCUT2D eigenvalue weighted by Crippen LogP contribution is 2.21. The van der Waals surface area contributed by atoms with Gasteiger partial charge in [0.2, 0.25) is 21.8 Å². The summed E-state index contributed by atoms with van der Waals surface area (Å²) in [6.45, 7) is 4.51. The molecule has 0 aliphatic heterocycles. The number of carbonyl (C=O) groups is 2. The molecule has 2 rings (SSSR count). The number of nitrogens with zero attached hydrogens (tertiary/aromatic N) is 2. The molecule has 2 amide bonds. The Balaban J connectivity index is 2.14. The van der Waals surface area contributed by atoms with Crippen molar-refractivity contribution in [3.05, 3.63) is 65.2 Å². The van der Waals surface area contributed by atoms with E-state index in [4.69, 9.17) is 11.6 Å². The van der Waals surface area contributed by atoms with Crippen molar-refractivity contribution < 1.29 is 18.0 Å². The van der Waals surface area contributed by atoms with Gasteiger partial charge in [-0.2, -0.15) is 0 Å². The molecule has 2 aromatic rings. The van der Waals surface area contributed by atoms with Crippen LogP contribution in [0.5, 0.6) is 0 Å². The average Bonchev–Trinajstić information content (AvgIpc) is 2.78. The number of nitrogens with one attached hydrogen (secondary N) is 1. The van der Waals surface area contributed by atoms with Crippen LogP contribution in [-0.2, 0) is 26.2 Å². The molecule has 0 aliphatic carbocycles. The van der Waals surface area contributed by atoms with Crippen molar-refractivity contribution in [3.63, 3.8) is 0 Å². The molecule has 7 nitrogen and oxygen atoms in total. The molecule has 0 heterocycles. The van der Waals surface area contributed by atoms with Crippen LogP contribution in [0.4, 0.5) is 5.69 Å². The number of amides is 2. The molecular formula is C24H32ClN3O4S. The fourth-order valence-electron chi connectivity index (χ4n) is 3.39. The van der Waals surface area contributed by atoms with Gasteiger partial charge in [-0.05, 0) is 43.5 Å². The van der Waals surface area contributed by atoms with Crippen LogP contribution >= 0.6 is 11.6 Å². The van der Waals surface area contributed by atoms with Crippen molar-refractivity contribution in [2.24, 2.45) is 0 Å². The van der Waals surface area contributed by atoms with Gasteiger partial charge >= 0.3 is 0 Å². The molecule has 33 heavy (non-hydrogen) atoms. The van der Waals surface area contributed by atoms with E-state index in [0.29, 0.717) is 23.7 Å². The van der Waals surface area contributed by atoms with Crippen molar-refractivity contribution in [2.45, 2.75) is 45.7 Å². The molecule has 0 fully saturated rings. The Hall–Kier alpha value is -2.58. The average molecular weight is 494 g/mol. The summed E-state index contributed by atoms with van der Waals surface area (Å²) in [6, 6.07) is 15.3. The number of carbonyl (C=O) groups excluding carboxylic acids is 2. The molecule has 0 saturated heterocycles. The molecular weight excluding hydrogens is 462 g/mol. The van der Waals surface area contributed by atoms with Crippen LogP contribution in [0.25, 0.3) is 0 Å². The molecule has 0 spiro atoms. The van der Waals surface area contributed by atoms with Crippen LogP contribution in [-0.4, -0.2) is 50.5 Å². The highest BCUT2D eigenvalue weighted by molar-refractivity contribution is 7.92. The van der Waals surface area contributed by atoms with Crippen molar-refractivity contribution in [3.8, 4) is 0 Å². The zero-order valence-electron chi connectivity index (χ0n) is 19.3. The standard InChI is InChI=1S/C24H32ClN3O4S/c1-4-16-26-24(30)19(2)27(18-20-11-8-9-14-22(20)25)23(29)15-10-17-28(33(3,31)32)21-12-6-5-7-13-21/h5-9,11-14,19H,4,10,15-18H2,1-3H3,(H,26,30). The summed E-state index contributed by atoms with van der Waals surface area (Å²) in [5.41, 5.74) is 1.29. The van der Waals surface area contributed by atoms with E-state index in [1.807, 2.05) is 25.1 Å². The second-order valence-electron chi connectivity index (χ2n) is 7.85. The summed E-state index contributed by atoms with van der Waals surface area (Å²) in [7, 11) is -3.50. The number of hydrogen-bond acceptors (Lipinski definition) is 4. The minimum atomic E-state index is -3.50. The Morgan fingerprint density at radius 2 is 1.70 bits per heavy atom. The van der Waals surface area contributed by atoms with Gasteiger partial charge in [-0.1, -0.05) is 54.9 Å². The maximum absolute atomic E-state index is 13.2. The maximum Gasteiger partial charge on any atom is 0.242 e. The third-order valence-electron chi connectivity index (χ3n) is 5.21. The van der Waals surface area contributed by atoms with Crippen LogP contribution in [0.2, 0.25) is 5.02 Å². The summed E-state index contributed by atoms with van der Waals surface area (Å²) in [4.78, 5) is 27.3. The van der Waals surface area contributed by atoms with Gasteiger partial charge in [0, 0.05) is 31.1 Å². The second-order valence-corrected chi connectivity index (χ2v) is 10.2. The van der Waals surface area contributed by atoms with Crippen LogP contribution in [0.15, 0.2) is 54.6 Å². The lowest BCUT2D eigenvalue weighted by Crippen LogP contribution is -2.47. The van der Waals surface area contributed by atoms with Gasteiger partial charge in [0.25, 0.3) is 0 Å². The normalized spacial score (nSPS) is 12.1. The first kappa shape index (κ1) is 26.7. The van der Waals surface area contributed by atoms with Gasteiger partial charge in [-0.25, -0.2) is 8.42 Å². The summed E-state index contributed by atoms with van der Waals surface area (Å²) < 4.78 is 25.8. The molecule has 0 aromatic heterocycles. The third-order valence-corrected chi connectivity index (χ3v) is 6.77. The van der Waals surface area contributed by atoms with Gasteiger partial charge in [0.15, 0.2) is 0 Å². The SMILES string of the molecule is CCCNC(=O)C(C)N(Cc1ccccc1Cl)C(=O)CCCN(c1ccccc1)S(C)(=O)=O. The molecule has 1 unspecified atom stereocenters. The second kappa shape index (κ2) is 12.6. The largest absolute Gasteiger partial charge is 0.354 e. The van der Waals surface area contributed by atoms with E-state index >= 15 is 0 Å². The smallest absolute Gasteiger partial charge is 0.242 e. The van der Waals surface area contributed by atoms with Crippen molar-refractivity contribution >= 4 is 39.1 Å². The van der Waals surface area contributed by atoms with Crippen molar-refractivity contribution in [1.29, 1.82) is 0 Å². The van der Waals surface area contributed by atoms with Crippen molar-refractivity contribution in [1.82, 2.24) is 10.2 Å². The zero-order chi connectivity index (χ0) is 24.4. The van der Waals surface area contributed by atoms with E-state index in [2.05, 4.69) is 5.32 Å². The zero-order valence-corrected chi connectivity index (χ0v) is 20.9. The molecule has 0 radical (unpaired) electrons. The lowest BCUT2D eigenvalue weighted by Gasteiger charge is -2.29. The number of benzene rings is 2. The van der Waals surface area contributed by atoms with Gasteiger partial charge in [-0.3, -0.25) is 13.9 Å². The van der Waals surface area contributed by atoms with E-state index in [1.165, 1.54) is 9.21 Å². The monoisotopic (exact) mass is 493 g/mol. The number of para-hydroxylation sites is 1. The Labute approximate surface area is 201 Å².